The van der Waals surface area contributed by atoms with E-state index in [1.54, 1.807) is 12.1 Å². The van der Waals surface area contributed by atoms with Crippen LogP contribution in [0.2, 0.25) is 0 Å². The van der Waals surface area contributed by atoms with Crippen LogP contribution in [0.5, 0.6) is 5.75 Å². The van der Waals surface area contributed by atoms with E-state index < -0.39 is 10.0 Å². The molecule has 0 heterocycles. The molecule has 0 bridgehead atoms. The van der Waals surface area contributed by atoms with Crippen LogP contribution in [0.25, 0.3) is 0 Å². The van der Waals surface area contributed by atoms with Gasteiger partial charge in [-0.1, -0.05) is 31.0 Å². The summed E-state index contributed by atoms with van der Waals surface area (Å²) in [5.74, 6) is 0.431. The van der Waals surface area contributed by atoms with Crippen LogP contribution in [0.15, 0.2) is 53.4 Å². The molecule has 2 N–H and O–H groups in total. The van der Waals surface area contributed by atoms with Crippen molar-refractivity contribution in [1.82, 2.24) is 10.0 Å². The quantitative estimate of drug-likeness (QED) is 0.710. The molecule has 1 aliphatic rings. The Labute approximate surface area is 166 Å². The van der Waals surface area contributed by atoms with E-state index in [0.717, 1.165) is 37.0 Å². The maximum Gasteiger partial charge on any atom is 0.251 e. The predicted molar refractivity (Wildman–Crippen MR) is 108 cm³/mol. The molecule has 7 heteroatoms. The highest BCUT2D eigenvalue weighted by Gasteiger charge is 2.23. The van der Waals surface area contributed by atoms with Crippen LogP contribution in [-0.4, -0.2) is 27.0 Å². The molecule has 0 saturated heterocycles. The zero-order chi connectivity index (χ0) is 20.0. The normalized spacial score (nSPS) is 14.8. The van der Waals surface area contributed by atoms with Gasteiger partial charge in [0.1, 0.15) is 5.75 Å². The third kappa shape index (κ3) is 5.33. The summed E-state index contributed by atoms with van der Waals surface area (Å²) in [4.78, 5) is 12.6. The van der Waals surface area contributed by atoms with Crippen LogP contribution < -0.4 is 14.8 Å². The minimum absolute atomic E-state index is 0.0138. The number of benzene rings is 2. The molecule has 6 nitrogen and oxygen atoms in total. The number of hydrogen-bond acceptors (Lipinski definition) is 4. The zero-order valence-electron chi connectivity index (χ0n) is 16.0. The van der Waals surface area contributed by atoms with Gasteiger partial charge in [0.25, 0.3) is 5.91 Å². The number of sulfonamides is 1. The topological polar surface area (TPSA) is 84.5 Å². The van der Waals surface area contributed by atoms with E-state index in [2.05, 4.69) is 10.0 Å². The van der Waals surface area contributed by atoms with Crippen molar-refractivity contribution < 1.29 is 17.9 Å². The first-order chi connectivity index (χ1) is 13.5. The highest BCUT2D eigenvalue weighted by atomic mass is 32.2. The minimum Gasteiger partial charge on any atom is -0.494 e. The van der Waals surface area contributed by atoms with E-state index in [-0.39, 0.29) is 16.8 Å². The molecule has 150 valence electrons. The molecule has 0 atom stereocenters. The van der Waals surface area contributed by atoms with Crippen molar-refractivity contribution in [2.24, 2.45) is 0 Å². The summed E-state index contributed by atoms with van der Waals surface area (Å²) in [5.41, 5.74) is 1.22. The molecule has 0 spiro atoms. The molecule has 28 heavy (non-hydrogen) atoms. The molecule has 0 aliphatic heterocycles. The van der Waals surface area contributed by atoms with E-state index in [9.17, 15) is 13.2 Å². The van der Waals surface area contributed by atoms with Crippen molar-refractivity contribution in [2.75, 3.05) is 6.61 Å². The fraction of sp³-hybridized carbons (Fsp3) is 0.381. The van der Waals surface area contributed by atoms with Crippen molar-refractivity contribution in [2.45, 2.75) is 50.1 Å². The Balaban J connectivity index is 1.65. The Morgan fingerprint density at radius 2 is 1.86 bits per heavy atom. The van der Waals surface area contributed by atoms with Crippen molar-refractivity contribution in [1.29, 1.82) is 0 Å². The molecular weight excluding hydrogens is 376 g/mol. The van der Waals surface area contributed by atoms with E-state index in [1.807, 2.05) is 31.2 Å². The number of amides is 1. The van der Waals surface area contributed by atoms with Crippen LogP contribution in [0, 0.1) is 0 Å². The molecule has 1 aliphatic carbocycles. The standard InChI is InChI=1S/C21H26N2O4S/c1-2-27-19-11-5-7-16(13-19)15-22-21(24)17-8-6-12-20(14-17)28(25,26)23-18-9-3-4-10-18/h5-8,11-14,18,23H,2-4,9-10,15H2,1H3,(H,22,24). The first-order valence-electron chi connectivity index (χ1n) is 9.60. The zero-order valence-corrected chi connectivity index (χ0v) is 16.8. The number of rotatable bonds is 8. The molecule has 1 saturated carbocycles. The smallest absolute Gasteiger partial charge is 0.251 e. The predicted octanol–water partition coefficient (Wildman–Crippen LogP) is 3.24. The van der Waals surface area contributed by atoms with Crippen LogP contribution in [0.4, 0.5) is 0 Å². The van der Waals surface area contributed by atoms with Crippen LogP contribution in [0.3, 0.4) is 0 Å². The third-order valence-electron chi connectivity index (χ3n) is 4.75. The number of hydrogen-bond donors (Lipinski definition) is 2. The number of carbonyl (C=O) groups excluding carboxylic acids is 1. The Hall–Kier alpha value is -2.38. The summed E-state index contributed by atoms with van der Waals surface area (Å²) in [6, 6.07) is 13.6. The van der Waals surface area contributed by atoms with Gasteiger partial charge in [0.15, 0.2) is 0 Å². The fourth-order valence-corrected chi connectivity index (χ4v) is 4.68. The second-order valence-corrected chi connectivity index (χ2v) is 8.61. The third-order valence-corrected chi connectivity index (χ3v) is 6.26. The van der Waals surface area contributed by atoms with E-state index in [0.29, 0.717) is 18.7 Å². The van der Waals surface area contributed by atoms with Gasteiger partial charge in [-0.15, -0.1) is 0 Å². The molecule has 2 aromatic carbocycles. The highest BCUT2D eigenvalue weighted by molar-refractivity contribution is 7.89. The lowest BCUT2D eigenvalue weighted by molar-refractivity contribution is 0.0950. The Morgan fingerprint density at radius 3 is 2.61 bits per heavy atom. The summed E-state index contributed by atoms with van der Waals surface area (Å²) in [6.45, 7) is 2.82. The molecule has 2 aromatic rings. The van der Waals surface area contributed by atoms with Gasteiger partial charge in [-0.05, 0) is 55.7 Å². The van der Waals surface area contributed by atoms with Crippen molar-refractivity contribution in [3.8, 4) is 5.75 Å². The van der Waals surface area contributed by atoms with Gasteiger partial charge in [-0.3, -0.25) is 4.79 Å². The van der Waals surface area contributed by atoms with E-state index in [4.69, 9.17) is 4.74 Å². The molecule has 0 unspecified atom stereocenters. The van der Waals surface area contributed by atoms with Crippen LogP contribution >= 0.6 is 0 Å². The summed E-state index contributed by atoms with van der Waals surface area (Å²) in [6.07, 6.45) is 3.81. The fourth-order valence-electron chi connectivity index (χ4n) is 3.33. The monoisotopic (exact) mass is 402 g/mol. The van der Waals surface area contributed by atoms with E-state index >= 15 is 0 Å². The lowest BCUT2D eigenvalue weighted by Crippen LogP contribution is -2.32. The van der Waals surface area contributed by atoms with Gasteiger partial charge < -0.3 is 10.1 Å². The molecule has 1 amide bonds. The van der Waals surface area contributed by atoms with Gasteiger partial charge in [-0.25, -0.2) is 13.1 Å². The molecule has 0 radical (unpaired) electrons. The maximum absolute atomic E-state index is 12.6. The summed E-state index contributed by atoms with van der Waals surface area (Å²) >= 11 is 0. The van der Waals surface area contributed by atoms with Crippen molar-refractivity contribution in [3.63, 3.8) is 0 Å². The second kappa shape index (κ2) is 9.21. The molecule has 0 aromatic heterocycles. The lowest BCUT2D eigenvalue weighted by atomic mass is 10.2. The van der Waals surface area contributed by atoms with Gasteiger partial charge in [0.05, 0.1) is 11.5 Å². The number of ether oxygens (including phenoxy) is 1. The Kier molecular flexibility index (Phi) is 6.70. The highest BCUT2D eigenvalue weighted by Crippen LogP contribution is 2.21. The van der Waals surface area contributed by atoms with Gasteiger partial charge in [0.2, 0.25) is 10.0 Å². The average Bonchev–Trinajstić information content (AvgIpc) is 3.19. The van der Waals surface area contributed by atoms with Crippen LogP contribution in [-0.2, 0) is 16.6 Å². The van der Waals surface area contributed by atoms with Crippen molar-refractivity contribution >= 4 is 15.9 Å². The summed E-state index contributed by atoms with van der Waals surface area (Å²) in [7, 11) is -3.63. The van der Waals surface area contributed by atoms with Gasteiger partial charge in [-0.2, -0.15) is 0 Å². The minimum atomic E-state index is -3.63. The van der Waals surface area contributed by atoms with Gasteiger partial charge in [0, 0.05) is 18.2 Å². The lowest BCUT2D eigenvalue weighted by Gasteiger charge is -2.13. The van der Waals surface area contributed by atoms with Crippen molar-refractivity contribution in [3.05, 3.63) is 59.7 Å². The average molecular weight is 403 g/mol. The summed E-state index contributed by atoms with van der Waals surface area (Å²) in [5, 5.41) is 2.83. The number of carbonyl (C=O) groups is 1. The first-order valence-corrected chi connectivity index (χ1v) is 11.1. The Morgan fingerprint density at radius 1 is 1.11 bits per heavy atom. The molecule has 1 fully saturated rings. The second-order valence-electron chi connectivity index (χ2n) is 6.89. The largest absolute Gasteiger partial charge is 0.494 e. The van der Waals surface area contributed by atoms with Crippen LogP contribution in [0.1, 0.15) is 48.5 Å². The maximum atomic E-state index is 12.6. The SMILES string of the molecule is CCOc1cccc(CNC(=O)c2cccc(S(=O)(=O)NC3CCCC3)c2)c1. The van der Waals surface area contributed by atoms with E-state index in [1.165, 1.54) is 12.1 Å². The summed E-state index contributed by atoms with van der Waals surface area (Å²) < 4.78 is 33.4. The number of nitrogens with one attached hydrogen (secondary N) is 2. The Bertz CT molecular complexity index is 922. The molecular formula is C21H26N2O4S. The van der Waals surface area contributed by atoms with Gasteiger partial charge >= 0.3 is 0 Å². The molecule has 3 rings (SSSR count). The first kappa shape index (κ1) is 20.4.